The van der Waals surface area contributed by atoms with Gasteiger partial charge in [0.05, 0.1) is 5.70 Å². The third-order valence-electron chi connectivity index (χ3n) is 2.09. The molecule has 116 valence electrons. The molecule has 1 heterocycles. The molecule has 0 bridgehead atoms. The van der Waals surface area contributed by atoms with Crippen LogP contribution in [-0.2, 0) is 0 Å². The topological polar surface area (TPSA) is 29.1 Å². The number of rotatable bonds is 0. The summed E-state index contributed by atoms with van der Waals surface area (Å²) in [6.07, 6.45) is -18.9. The fourth-order valence-corrected chi connectivity index (χ4v) is 2.22. The monoisotopic (exact) mass is 337 g/mol. The first-order chi connectivity index (χ1) is 8.64. The van der Waals surface area contributed by atoms with Gasteiger partial charge in [-0.05, 0) is 11.8 Å². The summed E-state index contributed by atoms with van der Waals surface area (Å²) in [6.45, 7) is 0. The number of carbonyl (C=O) groups is 1. The molecule has 1 N–H and O–H groups in total. The van der Waals surface area contributed by atoms with Crippen LogP contribution in [0.2, 0.25) is 0 Å². The van der Waals surface area contributed by atoms with Gasteiger partial charge in [0.25, 0.3) is 9.99 Å². The molecule has 0 unspecified atom stereocenters. The van der Waals surface area contributed by atoms with Crippen molar-refractivity contribution in [2.45, 2.75) is 23.3 Å². The standard InChI is InChI=1S/C7HF10NOS/c8-1(5(9,10)11)2-4(6(12,13)14,7(15,16)17)20-3(19)18-2/h(H,18,19)/b2-1+. The van der Waals surface area contributed by atoms with Crippen molar-refractivity contribution in [2.75, 3.05) is 0 Å². The number of halogens is 10. The summed E-state index contributed by atoms with van der Waals surface area (Å²) in [7, 11) is 0. The molecule has 1 saturated heterocycles. The molecule has 1 amide bonds. The van der Waals surface area contributed by atoms with Gasteiger partial charge in [0.2, 0.25) is 5.83 Å². The average molecular weight is 337 g/mol. The number of alkyl halides is 9. The Labute approximate surface area is 107 Å². The maximum atomic E-state index is 12.9. The van der Waals surface area contributed by atoms with Crippen LogP contribution in [0.1, 0.15) is 0 Å². The van der Waals surface area contributed by atoms with Crippen molar-refractivity contribution < 1.29 is 48.7 Å². The summed E-state index contributed by atoms with van der Waals surface area (Å²) in [6, 6.07) is 0. The smallest absolute Gasteiger partial charge is 0.316 e. The van der Waals surface area contributed by atoms with E-state index < -0.39 is 51.8 Å². The summed E-state index contributed by atoms with van der Waals surface area (Å²) in [5.74, 6) is -3.66. The highest BCUT2D eigenvalue weighted by Gasteiger charge is 2.78. The van der Waals surface area contributed by atoms with Gasteiger partial charge in [0.1, 0.15) is 0 Å². The Morgan fingerprint density at radius 3 is 1.65 bits per heavy atom. The zero-order chi connectivity index (χ0) is 16.1. The molecular formula is C7HF10NOS. The molecule has 0 spiro atoms. The summed E-state index contributed by atoms with van der Waals surface area (Å²) < 4.78 is 119. The fraction of sp³-hybridized carbons (Fsp3) is 0.571. The first-order valence-corrected chi connectivity index (χ1v) is 5.07. The van der Waals surface area contributed by atoms with E-state index in [-0.39, 0.29) is 0 Å². The van der Waals surface area contributed by atoms with Crippen molar-refractivity contribution in [1.82, 2.24) is 5.32 Å². The quantitative estimate of drug-likeness (QED) is 0.676. The van der Waals surface area contributed by atoms with Crippen LogP contribution >= 0.6 is 11.8 Å². The second kappa shape index (κ2) is 4.43. The second-order valence-corrected chi connectivity index (χ2v) is 4.57. The lowest BCUT2D eigenvalue weighted by molar-refractivity contribution is -0.254. The van der Waals surface area contributed by atoms with E-state index in [2.05, 4.69) is 0 Å². The Morgan fingerprint density at radius 1 is 0.950 bits per heavy atom. The molecule has 0 aromatic carbocycles. The highest BCUT2D eigenvalue weighted by molar-refractivity contribution is 8.15. The Balaban J connectivity index is 3.70. The minimum atomic E-state index is -6.38. The third-order valence-corrected chi connectivity index (χ3v) is 3.35. The van der Waals surface area contributed by atoms with Crippen molar-refractivity contribution in [3.8, 4) is 0 Å². The second-order valence-electron chi connectivity index (χ2n) is 3.38. The molecule has 2 nitrogen and oxygen atoms in total. The zero-order valence-electron chi connectivity index (χ0n) is 8.60. The molecule has 1 fully saturated rings. The largest absolute Gasteiger partial charge is 0.444 e. The number of carbonyl (C=O) groups excluding carboxylic acids is 1. The maximum Gasteiger partial charge on any atom is 0.444 e. The first kappa shape index (κ1) is 16.9. The number of hydrogen-bond acceptors (Lipinski definition) is 2. The third kappa shape index (κ3) is 2.42. The van der Waals surface area contributed by atoms with E-state index in [1.165, 1.54) is 0 Å². The molecule has 0 aromatic rings. The van der Waals surface area contributed by atoms with Crippen LogP contribution in [0.5, 0.6) is 0 Å². The molecule has 1 aliphatic heterocycles. The van der Waals surface area contributed by atoms with Crippen LogP contribution in [-0.4, -0.2) is 28.5 Å². The van der Waals surface area contributed by atoms with Crippen molar-refractivity contribution >= 4 is 17.0 Å². The summed E-state index contributed by atoms with van der Waals surface area (Å²) in [5, 5.41) is -1.47. The van der Waals surface area contributed by atoms with E-state index in [4.69, 9.17) is 0 Å². The van der Waals surface area contributed by atoms with Crippen LogP contribution in [0.3, 0.4) is 0 Å². The minimum absolute atomic E-state index is 0.633. The molecule has 0 aromatic heterocycles. The molecule has 13 heteroatoms. The van der Waals surface area contributed by atoms with E-state index in [0.717, 1.165) is 0 Å². The number of allylic oxidation sites excluding steroid dienone is 1. The van der Waals surface area contributed by atoms with Gasteiger partial charge in [-0.25, -0.2) is 0 Å². The predicted octanol–water partition coefficient (Wildman–Crippen LogP) is 4.05. The van der Waals surface area contributed by atoms with Gasteiger partial charge in [0.15, 0.2) is 0 Å². The molecule has 0 atom stereocenters. The summed E-state index contributed by atoms with van der Waals surface area (Å²) in [4.78, 5) is 10.7. The molecule has 1 aliphatic rings. The molecule has 0 radical (unpaired) electrons. The molecule has 0 aliphatic carbocycles. The van der Waals surface area contributed by atoms with E-state index in [1.54, 1.807) is 0 Å². The Kier molecular flexibility index (Phi) is 3.74. The van der Waals surface area contributed by atoms with Gasteiger partial charge in [0, 0.05) is 0 Å². The van der Waals surface area contributed by atoms with Crippen LogP contribution in [0.25, 0.3) is 0 Å². The van der Waals surface area contributed by atoms with Gasteiger partial charge in [-0.2, -0.15) is 43.9 Å². The molecular weight excluding hydrogens is 336 g/mol. The van der Waals surface area contributed by atoms with Gasteiger partial charge >= 0.3 is 18.5 Å². The Hall–Kier alpha value is -1.14. The van der Waals surface area contributed by atoms with E-state index in [1.807, 2.05) is 0 Å². The highest BCUT2D eigenvalue weighted by Crippen LogP contribution is 2.60. The number of thioether (sulfide) groups is 1. The van der Waals surface area contributed by atoms with E-state index >= 15 is 0 Å². The highest BCUT2D eigenvalue weighted by atomic mass is 32.2. The van der Waals surface area contributed by atoms with Crippen molar-refractivity contribution in [3.05, 3.63) is 11.5 Å². The van der Waals surface area contributed by atoms with Crippen LogP contribution in [0.4, 0.5) is 48.7 Å². The van der Waals surface area contributed by atoms with Crippen LogP contribution < -0.4 is 5.32 Å². The zero-order valence-corrected chi connectivity index (χ0v) is 9.41. The average Bonchev–Trinajstić information content (AvgIpc) is 2.52. The van der Waals surface area contributed by atoms with Gasteiger partial charge in [-0.3, -0.25) is 4.79 Å². The Bertz CT molecular complexity index is 444. The summed E-state index contributed by atoms with van der Waals surface area (Å²) >= 11 is -1.52. The SMILES string of the molecule is O=C1N/C(=C(/F)C(F)(F)F)C(C(F)(F)F)(C(F)(F)F)S1. The number of nitrogens with one attached hydrogen (secondary N) is 1. The van der Waals surface area contributed by atoms with E-state index in [9.17, 15) is 48.7 Å². The molecule has 0 saturated carbocycles. The number of amides is 1. The van der Waals surface area contributed by atoms with Crippen LogP contribution in [0, 0.1) is 0 Å². The predicted molar refractivity (Wildman–Crippen MR) is 45.2 cm³/mol. The van der Waals surface area contributed by atoms with Crippen molar-refractivity contribution in [2.24, 2.45) is 0 Å². The lowest BCUT2D eigenvalue weighted by atomic mass is 10.0. The first-order valence-electron chi connectivity index (χ1n) is 4.25. The lowest BCUT2D eigenvalue weighted by Crippen LogP contribution is -2.55. The van der Waals surface area contributed by atoms with Crippen molar-refractivity contribution in [1.29, 1.82) is 0 Å². The van der Waals surface area contributed by atoms with E-state index in [0.29, 0.717) is 5.32 Å². The van der Waals surface area contributed by atoms with Gasteiger partial charge in [-0.1, -0.05) is 0 Å². The summed E-state index contributed by atoms with van der Waals surface area (Å²) in [5.41, 5.74) is -2.92. The fourth-order valence-electron chi connectivity index (χ4n) is 1.32. The Morgan fingerprint density at radius 2 is 1.35 bits per heavy atom. The molecule has 1 rings (SSSR count). The van der Waals surface area contributed by atoms with Crippen LogP contribution in [0.15, 0.2) is 11.5 Å². The van der Waals surface area contributed by atoms with Gasteiger partial charge < -0.3 is 5.32 Å². The lowest BCUT2D eigenvalue weighted by Gasteiger charge is -2.32. The maximum absolute atomic E-state index is 12.9. The van der Waals surface area contributed by atoms with Crippen molar-refractivity contribution in [3.63, 3.8) is 0 Å². The molecule has 20 heavy (non-hydrogen) atoms. The minimum Gasteiger partial charge on any atom is -0.316 e. The van der Waals surface area contributed by atoms with Gasteiger partial charge in [-0.15, -0.1) is 0 Å². The normalized spacial score (nSPS) is 22.8. The number of hydrogen-bond donors (Lipinski definition) is 1.